The smallest absolute Gasteiger partial charge is 0.309 e. The van der Waals surface area contributed by atoms with Gasteiger partial charge in [0.15, 0.2) is 0 Å². The lowest BCUT2D eigenvalue weighted by molar-refractivity contribution is -0.139. The van der Waals surface area contributed by atoms with Gasteiger partial charge in [-0.15, -0.1) is 0 Å². The number of carbonyl (C=O) groups is 2. The highest BCUT2D eigenvalue weighted by molar-refractivity contribution is 6.35. The molecule has 3 rings (SSSR count). The van der Waals surface area contributed by atoms with Gasteiger partial charge in [0.05, 0.1) is 19.3 Å². The Morgan fingerprint density at radius 1 is 1.07 bits per heavy atom. The summed E-state index contributed by atoms with van der Waals surface area (Å²) >= 11 is 0. The molecule has 0 aliphatic carbocycles. The van der Waals surface area contributed by atoms with E-state index in [0.717, 1.165) is 29.9 Å². The van der Waals surface area contributed by atoms with Crippen LogP contribution in [0, 0.1) is 6.92 Å². The number of benzene rings is 1. The van der Waals surface area contributed by atoms with Crippen molar-refractivity contribution in [1.82, 2.24) is 20.1 Å². The molecule has 7 heteroatoms. The molecule has 1 aliphatic rings. The standard InChI is InChI=1S/C21H28N4O3/c1-16-5-7-17(8-6-16)14-22-20(26)21(27)23-15-19(18-4-3-9-24(18)2)25-10-12-28-13-11-25/h3-9,19H,10-15H2,1-2H3,(H,22,26)(H,23,27). The van der Waals surface area contributed by atoms with Gasteiger partial charge in [-0.05, 0) is 24.6 Å². The Kier molecular flexibility index (Phi) is 6.84. The van der Waals surface area contributed by atoms with E-state index in [1.807, 2.05) is 61.1 Å². The molecule has 1 fully saturated rings. The highest BCUT2D eigenvalue weighted by Crippen LogP contribution is 2.21. The van der Waals surface area contributed by atoms with Gasteiger partial charge < -0.3 is 19.9 Å². The maximum atomic E-state index is 12.3. The minimum atomic E-state index is -0.617. The second-order valence-electron chi connectivity index (χ2n) is 7.09. The number of nitrogens with zero attached hydrogens (tertiary/aromatic N) is 2. The van der Waals surface area contributed by atoms with Gasteiger partial charge in [0, 0.05) is 45.1 Å². The summed E-state index contributed by atoms with van der Waals surface area (Å²) in [7, 11) is 1.99. The number of aromatic nitrogens is 1. The number of amides is 2. The molecule has 1 aromatic heterocycles. The molecule has 0 radical (unpaired) electrons. The molecule has 0 saturated carbocycles. The summed E-state index contributed by atoms with van der Waals surface area (Å²) in [6.45, 7) is 5.65. The fourth-order valence-corrected chi connectivity index (χ4v) is 3.37. The third-order valence-corrected chi connectivity index (χ3v) is 5.05. The fraction of sp³-hybridized carbons (Fsp3) is 0.429. The minimum Gasteiger partial charge on any atom is -0.379 e. The van der Waals surface area contributed by atoms with Crippen molar-refractivity contribution in [2.45, 2.75) is 19.5 Å². The van der Waals surface area contributed by atoms with Crippen molar-refractivity contribution in [2.75, 3.05) is 32.8 Å². The molecule has 1 unspecified atom stereocenters. The van der Waals surface area contributed by atoms with Gasteiger partial charge in [-0.2, -0.15) is 0 Å². The number of aryl methyl sites for hydroxylation is 2. The first-order valence-corrected chi connectivity index (χ1v) is 9.59. The highest BCUT2D eigenvalue weighted by atomic mass is 16.5. The molecule has 0 spiro atoms. The first-order chi connectivity index (χ1) is 13.5. The lowest BCUT2D eigenvalue weighted by Gasteiger charge is -2.34. The van der Waals surface area contributed by atoms with Gasteiger partial charge in [-0.25, -0.2) is 0 Å². The van der Waals surface area contributed by atoms with Gasteiger partial charge in [0.1, 0.15) is 0 Å². The van der Waals surface area contributed by atoms with E-state index in [0.29, 0.717) is 26.3 Å². The van der Waals surface area contributed by atoms with Gasteiger partial charge >= 0.3 is 11.8 Å². The fourth-order valence-electron chi connectivity index (χ4n) is 3.37. The van der Waals surface area contributed by atoms with E-state index >= 15 is 0 Å². The maximum absolute atomic E-state index is 12.3. The average Bonchev–Trinajstić information content (AvgIpc) is 3.14. The Bertz CT molecular complexity index is 794. The van der Waals surface area contributed by atoms with Crippen LogP contribution in [0.2, 0.25) is 0 Å². The van der Waals surface area contributed by atoms with E-state index in [9.17, 15) is 9.59 Å². The van der Waals surface area contributed by atoms with E-state index in [2.05, 4.69) is 15.5 Å². The molecule has 1 saturated heterocycles. The summed E-state index contributed by atoms with van der Waals surface area (Å²) in [6.07, 6.45) is 1.99. The van der Waals surface area contributed by atoms with E-state index in [-0.39, 0.29) is 6.04 Å². The van der Waals surface area contributed by atoms with Gasteiger partial charge in [-0.3, -0.25) is 14.5 Å². The van der Waals surface area contributed by atoms with E-state index in [1.165, 1.54) is 0 Å². The van der Waals surface area contributed by atoms with Crippen LogP contribution in [0.1, 0.15) is 22.9 Å². The lowest BCUT2D eigenvalue weighted by Crippen LogP contribution is -2.47. The van der Waals surface area contributed by atoms with E-state index in [4.69, 9.17) is 4.74 Å². The van der Waals surface area contributed by atoms with Gasteiger partial charge in [0.25, 0.3) is 0 Å². The Labute approximate surface area is 165 Å². The topological polar surface area (TPSA) is 75.6 Å². The molecule has 7 nitrogen and oxygen atoms in total. The Morgan fingerprint density at radius 2 is 1.75 bits per heavy atom. The molecule has 28 heavy (non-hydrogen) atoms. The van der Waals surface area contributed by atoms with Gasteiger partial charge in [0.2, 0.25) is 0 Å². The molecule has 1 atom stereocenters. The lowest BCUT2D eigenvalue weighted by atomic mass is 10.1. The zero-order valence-corrected chi connectivity index (χ0v) is 16.5. The number of hydrogen-bond acceptors (Lipinski definition) is 4. The molecule has 1 aromatic carbocycles. The van der Waals surface area contributed by atoms with Crippen LogP contribution in [-0.4, -0.2) is 54.1 Å². The molecule has 2 heterocycles. The quantitative estimate of drug-likeness (QED) is 0.733. The summed E-state index contributed by atoms with van der Waals surface area (Å²) in [5.41, 5.74) is 3.21. The molecule has 0 bridgehead atoms. The molecule has 2 N–H and O–H groups in total. The first-order valence-electron chi connectivity index (χ1n) is 9.59. The van der Waals surface area contributed by atoms with Crippen molar-refractivity contribution < 1.29 is 14.3 Å². The number of hydrogen-bond donors (Lipinski definition) is 2. The number of carbonyl (C=O) groups excluding carboxylic acids is 2. The van der Waals surface area contributed by atoms with Crippen LogP contribution >= 0.6 is 0 Å². The Balaban J connectivity index is 1.55. The van der Waals surface area contributed by atoms with Crippen LogP contribution in [0.15, 0.2) is 42.6 Å². The summed E-state index contributed by atoms with van der Waals surface area (Å²) in [6, 6.07) is 11.9. The monoisotopic (exact) mass is 384 g/mol. The Hall–Kier alpha value is -2.64. The molecule has 1 aliphatic heterocycles. The zero-order valence-electron chi connectivity index (χ0n) is 16.5. The normalized spacial score (nSPS) is 15.8. The van der Waals surface area contributed by atoms with Crippen molar-refractivity contribution in [3.63, 3.8) is 0 Å². The summed E-state index contributed by atoms with van der Waals surface area (Å²) in [4.78, 5) is 26.7. The van der Waals surface area contributed by atoms with Crippen molar-refractivity contribution in [2.24, 2.45) is 7.05 Å². The van der Waals surface area contributed by atoms with E-state index in [1.54, 1.807) is 0 Å². The predicted octanol–water partition coefficient (Wildman–Crippen LogP) is 1.14. The maximum Gasteiger partial charge on any atom is 0.309 e. The van der Waals surface area contributed by atoms with Crippen LogP contribution < -0.4 is 10.6 Å². The summed E-state index contributed by atoms with van der Waals surface area (Å²) in [5.74, 6) is -1.23. The van der Waals surface area contributed by atoms with Crippen LogP contribution in [0.5, 0.6) is 0 Å². The predicted molar refractivity (Wildman–Crippen MR) is 107 cm³/mol. The summed E-state index contributed by atoms with van der Waals surface area (Å²) in [5, 5.41) is 5.47. The van der Waals surface area contributed by atoms with Crippen molar-refractivity contribution in [1.29, 1.82) is 0 Å². The largest absolute Gasteiger partial charge is 0.379 e. The number of rotatable bonds is 6. The second kappa shape index (κ2) is 9.52. The Morgan fingerprint density at radius 3 is 2.39 bits per heavy atom. The SMILES string of the molecule is Cc1ccc(CNC(=O)C(=O)NCC(c2cccn2C)N2CCOCC2)cc1. The number of nitrogens with one attached hydrogen (secondary N) is 2. The third-order valence-electron chi connectivity index (χ3n) is 5.05. The molecule has 2 aromatic rings. The van der Waals surface area contributed by atoms with Crippen LogP contribution in [0.3, 0.4) is 0 Å². The van der Waals surface area contributed by atoms with Crippen LogP contribution in [-0.2, 0) is 27.9 Å². The molecular formula is C21H28N4O3. The van der Waals surface area contributed by atoms with Crippen LogP contribution in [0.25, 0.3) is 0 Å². The average molecular weight is 384 g/mol. The molecule has 2 amide bonds. The summed E-state index contributed by atoms with van der Waals surface area (Å²) < 4.78 is 7.49. The highest BCUT2D eigenvalue weighted by Gasteiger charge is 2.25. The number of ether oxygens (including phenoxy) is 1. The van der Waals surface area contributed by atoms with Gasteiger partial charge in [-0.1, -0.05) is 29.8 Å². The molecular weight excluding hydrogens is 356 g/mol. The van der Waals surface area contributed by atoms with E-state index < -0.39 is 11.8 Å². The van der Waals surface area contributed by atoms with Crippen molar-refractivity contribution in [3.8, 4) is 0 Å². The van der Waals surface area contributed by atoms with Crippen LogP contribution in [0.4, 0.5) is 0 Å². The third kappa shape index (κ3) is 5.21. The van der Waals surface area contributed by atoms with Crippen molar-refractivity contribution >= 4 is 11.8 Å². The minimum absolute atomic E-state index is 0.00208. The molecule has 150 valence electrons. The number of morpholine rings is 1. The van der Waals surface area contributed by atoms with Crippen molar-refractivity contribution in [3.05, 3.63) is 59.4 Å². The zero-order chi connectivity index (χ0) is 19.9. The second-order valence-corrected chi connectivity index (χ2v) is 7.09. The first kappa shape index (κ1) is 20.1.